The van der Waals surface area contributed by atoms with Gasteiger partial charge in [0.2, 0.25) is 0 Å². The number of aliphatic hydroxyl groups excluding tert-OH is 1. The van der Waals surface area contributed by atoms with Crippen LogP contribution < -0.4 is 0 Å². The van der Waals surface area contributed by atoms with Crippen molar-refractivity contribution in [3.63, 3.8) is 0 Å². The van der Waals surface area contributed by atoms with Gasteiger partial charge in [-0.25, -0.2) is 0 Å². The summed E-state index contributed by atoms with van der Waals surface area (Å²) in [4.78, 5) is 4.36. The van der Waals surface area contributed by atoms with Gasteiger partial charge in [0.15, 0.2) is 0 Å². The molecule has 1 aromatic carbocycles. The minimum absolute atomic E-state index is 0.480. The van der Waals surface area contributed by atoms with E-state index in [1.807, 2.05) is 25.1 Å². The fourth-order valence-electron chi connectivity index (χ4n) is 1.81. The van der Waals surface area contributed by atoms with Crippen LogP contribution >= 0.6 is 0 Å². The van der Waals surface area contributed by atoms with Gasteiger partial charge in [0.1, 0.15) is 0 Å². The maximum Gasteiger partial charge on any atom is 0.0991 e. The summed E-state index contributed by atoms with van der Waals surface area (Å²) in [6.07, 6.45) is -0.111. The van der Waals surface area contributed by atoms with Crippen molar-refractivity contribution in [1.82, 2.24) is 4.98 Å². The number of hydrogen-bond donors (Lipinski definition) is 1. The first kappa shape index (κ1) is 12.3. The van der Waals surface area contributed by atoms with E-state index in [9.17, 15) is 5.11 Å². The number of pyridine rings is 1. The third kappa shape index (κ3) is 2.93. The molecule has 0 aliphatic carbocycles. The predicted molar refractivity (Wildman–Crippen MR) is 68.8 cm³/mol. The van der Waals surface area contributed by atoms with E-state index >= 15 is 0 Å². The Kier molecular flexibility index (Phi) is 3.71. The van der Waals surface area contributed by atoms with Crippen LogP contribution in [-0.4, -0.2) is 10.1 Å². The van der Waals surface area contributed by atoms with E-state index < -0.39 is 6.10 Å². The molecule has 0 aliphatic rings. The van der Waals surface area contributed by atoms with Crippen molar-refractivity contribution >= 4 is 0 Å². The van der Waals surface area contributed by atoms with Gasteiger partial charge in [-0.05, 0) is 36.8 Å². The van der Waals surface area contributed by atoms with E-state index in [4.69, 9.17) is 5.26 Å². The van der Waals surface area contributed by atoms with Crippen molar-refractivity contribution in [2.45, 2.75) is 19.4 Å². The Balaban J connectivity index is 2.12. The average molecular weight is 238 g/mol. The quantitative estimate of drug-likeness (QED) is 0.894. The van der Waals surface area contributed by atoms with E-state index in [1.165, 1.54) is 0 Å². The van der Waals surface area contributed by atoms with Gasteiger partial charge < -0.3 is 5.11 Å². The Bertz CT molecular complexity index is 570. The topological polar surface area (TPSA) is 56.9 Å². The molecule has 18 heavy (non-hydrogen) atoms. The van der Waals surface area contributed by atoms with Crippen LogP contribution in [0.1, 0.15) is 28.6 Å². The van der Waals surface area contributed by atoms with Crippen molar-refractivity contribution < 1.29 is 5.11 Å². The van der Waals surface area contributed by atoms with Crippen molar-refractivity contribution in [1.29, 1.82) is 5.26 Å². The van der Waals surface area contributed by atoms with Gasteiger partial charge >= 0.3 is 0 Å². The summed E-state index contributed by atoms with van der Waals surface area (Å²) in [5.74, 6) is 0. The highest BCUT2D eigenvalue weighted by atomic mass is 16.3. The SMILES string of the molecule is Cc1cccc(C[C@@H](O)c2ccc(C#N)cc2)n1. The molecule has 0 fully saturated rings. The van der Waals surface area contributed by atoms with Gasteiger partial charge in [-0.1, -0.05) is 18.2 Å². The lowest BCUT2D eigenvalue weighted by Gasteiger charge is -2.10. The molecule has 0 saturated carbocycles. The van der Waals surface area contributed by atoms with Crippen LogP contribution in [0.2, 0.25) is 0 Å². The smallest absolute Gasteiger partial charge is 0.0991 e. The second kappa shape index (κ2) is 5.44. The van der Waals surface area contributed by atoms with Gasteiger partial charge in [-0.2, -0.15) is 5.26 Å². The maximum atomic E-state index is 10.1. The summed E-state index contributed by atoms with van der Waals surface area (Å²) < 4.78 is 0. The molecule has 0 radical (unpaired) electrons. The van der Waals surface area contributed by atoms with Crippen LogP contribution in [0.15, 0.2) is 42.5 Å². The number of rotatable bonds is 3. The Hall–Kier alpha value is -2.18. The zero-order chi connectivity index (χ0) is 13.0. The van der Waals surface area contributed by atoms with E-state index in [0.717, 1.165) is 17.0 Å². The van der Waals surface area contributed by atoms with Gasteiger partial charge in [0.25, 0.3) is 0 Å². The summed E-state index contributed by atoms with van der Waals surface area (Å²) in [5, 5.41) is 18.8. The van der Waals surface area contributed by atoms with Crippen molar-refractivity contribution in [2.75, 3.05) is 0 Å². The molecule has 2 aromatic rings. The normalized spacial score (nSPS) is 11.8. The molecular weight excluding hydrogens is 224 g/mol. The Morgan fingerprint density at radius 3 is 2.56 bits per heavy atom. The number of nitriles is 1. The zero-order valence-corrected chi connectivity index (χ0v) is 10.2. The molecule has 0 bridgehead atoms. The monoisotopic (exact) mass is 238 g/mol. The molecule has 2 rings (SSSR count). The molecule has 0 unspecified atom stereocenters. The lowest BCUT2D eigenvalue weighted by molar-refractivity contribution is 0.177. The van der Waals surface area contributed by atoms with Gasteiger partial charge in [-0.15, -0.1) is 0 Å². The number of aromatic nitrogens is 1. The van der Waals surface area contributed by atoms with Crippen molar-refractivity contribution in [3.05, 3.63) is 65.0 Å². The molecule has 3 heteroatoms. The Morgan fingerprint density at radius 2 is 1.94 bits per heavy atom. The first-order valence-corrected chi connectivity index (χ1v) is 5.79. The second-order valence-corrected chi connectivity index (χ2v) is 4.22. The molecule has 0 amide bonds. The minimum Gasteiger partial charge on any atom is -0.388 e. The highest BCUT2D eigenvalue weighted by molar-refractivity contribution is 5.32. The second-order valence-electron chi connectivity index (χ2n) is 4.22. The van der Waals surface area contributed by atoms with Crippen molar-refractivity contribution in [3.8, 4) is 6.07 Å². The van der Waals surface area contributed by atoms with Crippen LogP contribution in [0.3, 0.4) is 0 Å². The Labute approximate surface area is 106 Å². The highest BCUT2D eigenvalue weighted by Crippen LogP contribution is 2.17. The van der Waals surface area contributed by atoms with Crippen LogP contribution in [0.5, 0.6) is 0 Å². The summed E-state index contributed by atoms with van der Waals surface area (Å²) in [6, 6.07) is 14.8. The van der Waals surface area contributed by atoms with Crippen molar-refractivity contribution in [2.24, 2.45) is 0 Å². The van der Waals surface area contributed by atoms with E-state index in [1.54, 1.807) is 24.3 Å². The van der Waals surface area contributed by atoms with Crippen LogP contribution in [-0.2, 0) is 6.42 Å². The summed E-state index contributed by atoms with van der Waals surface area (Å²) in [7, 11) is 0. The molecule has 1 aromatic heterocycles. The highest BCUT2D eigenvalue weighted by Gasteiger charge is 2.09. The molecule has 0 spiro atoms. The molecule has 1 atom stereocenters. The number of hydrogen-bond acceptors (Lipinski definition) is 3. The Morgan fingerprint density at radius 1 is 1.22 bits per heavy atom. The first-order valence-electron chi connectivity index (χ1n) is 5.79. The third-order valence-electron chi connectivity index (χ3n) is 2.77. The van der Waals surface area contributed by atoms with E-state index in [0.29, 0.717) is 12.0 Å². The lowest BCUT2D eigenvalue weighted by atomic mass is 10.0. The molecule has 0 aliphatic heterocycles. The fourth-order valence-corrected chi connectivity index (χ4v) is 1.81. The standard InChI is InChI=1S/C15H14N2O/c1-11-3-2-4-14(17-11)9-15(18)13-7-5-12(10-16)6-8-13/h2-8,15,18H,9H2,1H3/t15-/m1/s1. The van der Waals surface area contributed by atoms with E-state index in [2.05, 4.69) is 11.1 Å². The predicted octanol–water partition coefficient (Wildman–Crippen LogP) is 2.54. The molecule has 90 valence electrons. The van der Waals surface area contributed by atoms with E-state index in [-0.39, 0.29) is 0 Å². The molecule has 3 nitrogen and oxygen atoms in total. The maximum absolute atomic E-state index is 10.1. The molecule has 0 saturated heterocycles. The molecule has 1 heterocycles. The summed E-state index contributed by atoms with van der Waals surface area (Å²) >= 11 is 0. The number of benzene rings is 1. The summed E-state index contributed by atoms with van der Waals surface area (Å²) in [6.45, 7) is 1.93. The van der Waals surface area contributed by atoms with Crippen LogP contribution in [0, 0.1) is 18.3 Å². The third-order valence-corrected chi connectivity index (χ3v) is 2.77. The number of aliphatic hydroxyl groups is 1. The fraction of sp³-hybridized carbons (Fsp3) is 0.200. The summed E-state index contributed by atoms with van der Waals surface area (Å²) in [5.41, 5.74) is 3.21. The minimum atomic E-state index is -0.591. The van der Waals surface area contributed by atoms with Gasteiger partial charge in [0, 0.05) is 17.8 Å². The zero-order valence-electron chi connectivity index (χ0n) is 10.2. The number of aryl methyl sites for hydroxylation is 1. The largest absolute Gasteiger partial charge is 0.388 e. The molecule has 1 N–H and O–H groups in total. The lowest BCUT2D eigenvalue weighted by Crippen LogP contribution is -2.03. The van der Waals surface area contributed by atoms with Gasteiger partial charge in [-0.3, -0.25) is 4.98 Å². The van der Waals surface area contributed by atoms with Crippen LogP contribution in [0.4, 0.5) is 0 Å². The van der Waals surface area contributed by atoms with Gasteiger partial charge in [0.05, 0.1) is 17.7 Å². The average Bonchev–Trinajstić information content (AvgIpc) is 2.39. The number of nitrogens with zero attached hydrogens (tertiary/aromatic N) is 2. The van der Waals surface area contributed by atoms with Crippen LogP contribution in [0.25, 0.3) is 0 Å². The first-order chi connectivity index (χ1) is 8.69. The molecular formula is C15H14N2O.